The molecule has 1 aliphatic rings. The van der Waals surface area contributed by atoms with Crippen LogP contribution in [0.4, 0.5) is 18.9 Å². The van der Waals surface area contributed by atoms with Crippen molar-refractivity contribution < 1.29 is 26.4 Å². The number of amides is 1. The Morgan fingerprint density at radius 2 is 1.58 bits per heavy atom. The molecule has 202 valence electrons. The lowest BCUT2D eigenvalue weighted by Gasteiger charge is -2.36. The summed E-state index contributed by atoms with van der Waals surface area (Å²) in [6, 6.07) is 20.6. The number of nitrogens with one attached hydrogen (secondary N) is 1. The zero-order chi connectivity index (χ0) is 27.3. The number of aryl methyl sites for hydroxylation is 1. The predicted molar refractivity (Wildman–Crippen MR) is 140 cm³/mol. The number of hydrogen-bond acceptors (Lipinski definition) is 4. The summed E-state index contributed by atoms with van der Waals surface area (Å²) in [5.74, 6) is -0.0382. The number of carbonyl (C=O) groups excluding carboxylic acids is 1. The Labute approximate surface area is 221 Å². The molecule has 0 aliphatic carbocycles. The highest BCUT2D eigenvalue weighted by Gasteiger charge is 2.31. The monoisotopic (exact) mass is 545 g/mol. The maximum Gasteiger partial charge on any atom is 0.416 e. The summed E-state index contributed by atoms with van der Waals surface area (Å²) in [5.41, 5.74) is 1.52. The number of nitrogens with zero attached hydrogens (tertiary/aromatic N) is 2. The van der Waals surface area contributed by atoms with Gasteiger partial charge in [-0.25, -0.2) is 13.1 Å². The van der Waals surface area contributed by atoms with Crippen molar-refractivity contribution in [2.24, 2.45) is 0 Å². The van der Waals surface area contributed by atoms with Crippen molar-refractivity contribution in [3.8, 4) is 0 Å². The molecule has 3 aromatic rings. The van der Waals surface area contributed by atoms with Gasteiger partial charge in [0.2, 0.25) is 15.9 Å². The Morgan fingerprint density at radius 3 is 2.21 bits per heavy atom. The lowest BCUT2D eigenvalue weighted by molar-refractivity contribution is -0.137. The zero-order valence-electron chi connectivity index (χ0n) is 21.0. The Kier molecular flexibility index (Phi) is 8.42. The zero-order valence-corrected chi connectivity index (χ0v) is 21.8. The second kappa shape index (κ2) is 11.6. The molecule has 1 N–H and O–H groups in total. The van der Waals surface area contributed by atoms with E-state index in [2.05, 4.69) is 4.72 Å². The van der Waals surface area contributed by atoms with Gasteiger partial charge >= 0.3 is 6.18 Å². The molecule has 3 aromatic carbocycles. The van der Waals surface area contributed by atoms with Crippen LogP contribution in [0.3, 0.4) is 0 Å². The number of alkyl halides is 3. The number of sulfonamides is 1. The number of piperazine rings is 1. The topological polar surface area (TPSA) is 69.7 Å². The highest BCUT2D eigenvalue weighted by atomic mass is 32.2. The molecule has 0 saturated carbocycles. The molecule has 6 nitrogen and oxygen atoms in total. The minimum atomic E-state index is -4.40. The summed E-state index contributed by atoms with van der Waals surface area (Å²) in [6.45, 7) is 3.55. The smallest absolute Gasteiger partial charge is 0.368 e. The van der Waals surface area contributed by atoms with Crippen molar-refractivity contribution in [3.63, 3.8) is 0 Å². The van der Waals surface area contributed by atoms with Crippen LogP contribution in [0, 0.1) is 0 Å². The number of hydrogen-bond donors (Lipinski definition) is 1. The quantitative estimate of drug-likeness (QED) is 0.431. The lowest BCUT2D eigenvalue weighted by Crippen LogP contribution is -2.48. The first-order valence-electron chi connectivity index (χ1n) is 12.4. The third-order valence-electron chi connectivity index (χ3n) is 6.66. The fourth-order valence-electron chi connectivity index (χ4n) is 4.45. The molecule has 10 heteroatoms. The maximum absolute atomic E-state index is 13.0. The Balaban J connectivity index is 1.27. The standard InChI is InChI=1S/C28H30F3N3O3S/c1-21(23-6-3-2-4-7-23)32-38(36,37)26-13-10-22(11-14-26)12-15-27(35)34-18-16-33(17-19-34)25-9-5-8-24(20-25)28(29,30)31/h2-11,13-14,20-21,32H,12,15-19H2,1H3/t21-/m0/s1. The van der Waals surface area contributed by atoms with Crippen molar-refractivity contribution in [1.29, 1.82) is 0 Å². The largest absolute Gasteiger partial charge is 0.416 e. The van der Waals surface area contributed by atoms with Gasteiger partial charge in [-0.1, -0.05) is 48.5 Å². The van der Waals surface area contributed by atoms with Gasteiger partial charge in [0.05, 0.1) is 10.5 Å². The summed E-state index contributed by atoms with van der Waals surface area (Å²) >= 11 is 0. The van der Waals surface area contributed by atoms with Gasteiger partial charge in [0.15, 0.2) is 0 Å². The first kappa shape index (κ1) is 27.7. The van der Waals surface area contributed by atoms with E-state index in [9.17, 15) is 26.4 Å². The number of halogens is 3. The van der Waals surface area contributed by atoms with E-state index in [0.29, 0.717) is 38.3 Å². The van der Waals surface area contributed by atoms with E-state index >= 15 is 0 Å². The molecule has 0 unspecified atom stereocenters. The number of benzene rings is 3. The average molecular weight is 546 g/mol. The molecule has 1 atom stereocenters. The van der Waals surface area contributed by atoms with E-state index in [-0.39, 0.29) is 23.3 Å². The summed E-state index contributed by atoms with van der Waals surface area (Å²) in [7, 11) is -3.70. The van der Waals surface area contributed by atoms with E-state index in [4.69, 9.17) is 0 Å². The van der Waals surface area contributed by atoms with Gasteiger partial charge in [0, 0.05) is 44.3 Å². The second-order valence-electron chi connectivity index (χ2n) is 9.31. The van der Waals surface area contributed by atoms with Crippen molar-refractivity contribution in [2.45, 2.75) is 36.9 Å². The maximum atomic E-state index is 13.0. The van der Waals surface area contributed by atoms with Gasteiger partial charge in [-0.05, 0) is 54.8 Å². The van der Waals surface area contributed by atoms with Crippen molar-refractivity contribution in [1.82, 2.24) is 9.62 Å². The molecular weight excluding hydrogens is 515 g/mol. The van der Waals surface area contributed by atoms with Crippen LogP contribution in [0.2, 0.25) is 0 Å². The molecule has 38 heavy (non-hydrogen) atoms. The first-order valence-corrected chi connectivity index (χ1v) is 13.9. The van der Waals surface area contributed by atoms with E-state index in [1.807, 2.05) is 35.2 Å². The minimum Gasteiger partial charge on any atom is -0.368 e. The summed E-state index contributed by atoms with van der Waals surface area (Å²) < 4.78 is 67.3. The molecular formula is C28H30F3N3O3S. The molecule has 1 saturated heterocycles. The van der Waals surface area contributed by atoms with E-state index in [1.165, 1.54) is 18.2 Å². The Hall–Kier alpha value is -3.37. The molecule has 1 fully saturated rings. The van der Waals surface area contributed by atoms with Crippen molar-refractivity contribution in [3.05, 3.63) is 95.6 Å². The van der Waals surface area contributed by atoms with E-state index < -0.39 is 21.8 Å². The fraction of sp³-hybridized carbons (Fsp3) is 0.321. The van der Waals surface area contributed by atoms with Crippen LogP contribution in [0.1, 0.15) is 36.1 Å². The van der Waals surface area contributed by atoms with E-state index in [1.54, 1.807) is 30.0 Å². The van der Waals surface area contributed by atoms with Crippen molar-refractivity contribution >= 4 is 21.6 Å². The molecule has 0 bridgehead atoms. The average Bonchev–Trinajstić information content (AvgIpc) is 2.92. The normalized spacial score (nSPS) is 15.4. The SMILES string of the molecule is C[C@H](NS(=O)(=O)c1ccc(CCC(=O)N2CCN(c3cccc(C(F)(F)F)c3)CC2)cc1)c1ccccc1. The number of carbonyl (C=O) groups is 1. The van der Waals surface area contributed by atoms with Gasteiger partial charge in [0.1, 0.15) is 0 Å². The van der Waals surface area contributed by atoms with E-state index in [0.717, 1.165) is 23.3 Å². The Morgan fingerprint density at radius 1 is 0.921 bits per heavy atom. The van der Waals surface area contributed by atoms with Gasteiger partial charge in [-0.2, -0.15) is 13.2 Å². The van der Waals surface area contributed by atoms with Crippen LogP contribution in [-0.2, 0) is 27.4 Å². The van der Waals surface area contributed by atoms with Crippen LogP contribution in [0.25, 0.3) is 0 Å². The highest BCUT2D eigenvalue weighted by molar-refractivity contribution is 7.89. The van der Waals surface area contributed by atoms with Crippen LogP contribution in [0.5, 0.6) is 0 Å². The predicted octanol–water partition coefficient (Wildman–Crippen LogP) is 5.03. The van der Waals surface area contributed by atoms with Gasteiger partial charge in [-0.15, -0.1) is 0 Å². The number of anilines is 1. The minimum absolute atomic E-state index is 0.0382. The molecule has 1 heterocycles. The van der Waals surface area contributed by atoms with Crippen molar-refractivity contribution in [2.75, 3.05) is 31.1 Å². The lowest BCUT2D eigenvalue weighted by atomic mass is 10.1. The molecule has 1 aliphatic heterocycles. The second-order valence-corrected chi connectivity index (χ2v) is 11.0. The molecule has 0 spiro atoms. The fourth-order valence-corrected chi connectivity index (χ4v) is 5.68. The highest BCUT2D eigenvalue weighted by Crippen LogP contribution is 2.32. The summed E-state index contributed by atoms with van der Waals surface area (Å²) in [5, 5.41) is 0. The van der Waals surface area contributed by atoms with Crippen LogP contribution >= 0.6 is 0 Å². The van der Waals surface area contributed by atoms with Gasteiger partial charge < -0.3 is 9.80 Å². The third kappa shape index (κ3) is 6.93. The summed E-state index contributed by atoms with van der Waals surface area (Å²) in [6.07, 6.45) is -3.67. The first-order chi connectivity index (χ1) is 18.0. The van der Waals surface area contributed by atoms with Crippen LogP contribution < -0.4 is 9.62 Å². The summed E-state index contributed by atoms with van der Waals surface area (Å²) in [4.78, 5) is 16.5. The molecule has 4 rings (SSSR count). The Bertz CT molecular complexity index is 1340. The molecule has 1 amide bonds. The molecule has 0 radical (unpaired) electrons. The molecule has 0 aromatic heterocycles. The van der Waals surface area contributed by atoms with Gasteiger partial charge in [-0.3, -0.25) is 4.79 Å². The number of rotatable bonds is 8. The van der Waals surface area contributed by atoms with Crippen LogP contribution in [0.15, 0.2) is 83.8 Å². The van der Waals surface area contributed by atoms with Gasteiger partial charge in [0.25, 0.3) is 0 Å². The van der Waals surface area contributed by atoms with Crippen LogP contribution in [-0.4, -0.2) is 45.4 Å². The third-order valence-corrected chi connectivity index (χ3v) is 8.22.